The largest absolute Gasteiger partial charge is 0.481 e. The maximum atomic E-state index is 11.7. The number of carbonyl (C=O) groups is 3. The predicted octanol–water partition coefficient (Wildman–Crippen LogP) is 2.48. The number of amides is 1. The first-order valence-corrected chi connectivity index (χ1v) is 8.25. The summed E-state index contributed by atoms with van der Waals surface area (Å²) in [5.41, 5.74) is -0.361. The Kier molecular flexibility index (Phi) is 8.43. The standard InChI is InChI=1S/C16H27NO6/c1-2-14(20)22-9-6-10-23-15(21)17-12-16(11-13(18)19)7-4-3-5-8-16/h2-12H2,1H3,(H,17,21)(H,18,19). The minimum absolute atomic E-state index is 0.0697. The van der Waals surface area contributed by atoms with Crippen molar-refractivity contribution >= 4 is 18.0 Å². The smallest absolute Gasteiger partial charge is 0.407 e. The van der Waals surface area contributed by atoms with Gasteiger partial charge in [0.05, 0.1) is 19.6 Å². The van der Waals surface area contributed by atoms with Gasteiger partial charge < -0.3 is 19.9 Å². The van der Waals surface area contributed by atoms with E-state index in [1.165, 1.54) is 0 Å². The van der Waals surface area contributed by atoms with Crippen LogP contribution >= 0.6 is 0 Å². The Morgan fingerprint density at radius 1 is 1.09 bits per heavy atom. The zero-order valence-electron chi connectivity index (χ0n) is 13.8. The molecule has 0 aliphatic heterocycles. The Bertz CT molecular complexity index is 403. The molecule has 7 heteroatoms. The number of aliphatic carboxylic acids is 1. The van der Waals surface area contributed by atoms with Crippen molar-refractivity contribution in [1.29, 1.82) is 0 Å². The van der Waals surface area contributed by atoms with E-state index in [1.54, 1.807) is 6.92 Å². The van der Waals surface area contributed by atoms with Crippen LogP contribution in [0.4, 0.5) is 4.79 Å². The highest BCUT2D eigenvalue weighted by Gasteiger charge is 2.34. The minimum Gasteiger partial charge on any atom is -0.481 e. The molecule has 0 heterocycles. The van der Waals surface area contributed by atoms with E-state index in [1.807, 2.05) is 0 Å². The molecule has 1 rings (SSSR count). The van der Waals surface area contributed by atoms with E-state index < -0.39 is 12.1 Å². The first-order valence-electron chi connectivity index (χ1n) is 8.25. The van der Waals surface area contributed by atoms with Crippen molar-refractivity contribution in [2.45, 2.75) is 58.3 Å². The third kappa shape index (κ3) is 7.85. The lowest BCUT2D eigenvalue weighted by molar-refractivity contribution is -0.143. The molecule has 0 aromatic carbocycles. The molecule has 1 fully saturated rings. The molecule has 0 spiro atoms. The van der Waals surface area contributed by atoms with Crippen LogP contribution in [-0.2, 0) is 19.1 Å². The fourth-order valence-corrected chi connectivity index (χ4v) is 2.86. The average Bonchev–Trinajstić information content (AvgIpc) is 2.52. The average molecular weight is 329 g/mol. The van der Waals surface area contributed by atoms with Gasteiger partial charge in [0.15, 0.2) is 0 Å². The van der Waals surface area contributed by atoms with Crippen molar-refractivity contribution in [3.63, 3.8) is 0 Å². The third-order valence-corrected chi connectivity index (χ3v) is 4.12. The highest BCUT2D eigenvalue weighted by atomic mass is 16.6. The highest BCUT2D eigenvalue weighted by Crippen LogP contribution is 2.38. The summed E-state index contributed by atoms with van der Waals surface area (Å²) in [6.07, 6.45) is 5.01. The summed E-state index contributed by atoms with van der Waals surface area (Å²) >= 11 is 0. The number of ether oxygens (including phenoxy) is 2. The van der Waals surface area contributed by atoms with E-state index in [0.29, 0.717) is 19.4 Å². The Morgan fingerprint density at radius 3 is 2.35 bits per heavy atom. The Morgan fingerprint density at radius 2 is 1.74 bits per heavy atom. The summed E-state index contributed by atoms with van der Waals surface area (Å²) in [4.78, 5) is 33.7. The first kappa shape index (κ1) is 19.3. The lowest BCUT2D eigenvalue weighted by atomic mass is 9.72. The fourth-order valence-electron chi connectivity index (χ4n) is 2.86. The number of esters is 1. The molecule has 0 aromatic rings. The fraction of sp³-hybridized carbons (Fsp3) is 0.812. The summed E-state index contributed by atoms with van der Waals surface area (Å²) in [6.45, 7) is 2.42. The molecular formula is C16H27NO6. The molecular weight excluding hydrogens is 302 g/mol. The predicted molar refractivity (Wildman–Crippen MR) is 83.0 cm³/mol. The summed E-state index contributed by atoms with van der Waals surface area (Å²) in [5, 5.41) is 11.8. The lowest BCUT2D eigenvalue weighted by Crippen LogP contribution is -2.40. The summed E-state index contributed by atoms with van der Waals surface area (Å²) in [6, 6.07) is 0. The number of hydrogen-bond acceptors (Lipinski definition) is 5. The monoisotopic (exact) mass is 329 g/mol. The van der Waals surface area contributed by atoms with Gasteiger partial charge in [0.1, 0.15) is 0 Å². The van der Waals surface area contributed by atoms with Gasteiger partial charge >= 0.3 is 18.0 Å². The second kappa shape index (κ2) is 10.1. The maximum Gasteiger partial charge on any atom is 0.407 e. The minimum atomic E-state index is -0.834. The number of carboxylic acids is 1. The number of hydrogen-bond donors (Lipinski definition) is 2. The Labute approximate surface area is 136 Å². The molecule has 0 unspecified atom stereocenters. The maximum absolute atomic E-state index is 11.7. The van der Waals surface area contributed by atoms with Gasteiger partial charge in [-0.05, 0) is 18.3 Å². The molecule has 132 valence electrons. The Balaban J connectivity index is 2.24. The van der Waals surface area contributed by atoms with Crippen molar-refractivity contribution < 1.29 is 29.0 Å². The van der Waals surface area contributed by atoms with Crippen LogP contribution in [0.3, 0.4) is 0 Å². The van der Waals surface area contributed by atoms with Gasteiger partial charge in [0, 0.05) is 19.4 Å². The van der Waals surface area contributed by atoms with E-state index in [4.69, 9.17) is 14.6 Å². The second-order valence-electron chi connectivity index (χ2n) is 6.05. The van der Waals surface area contributed by atoms with Gasteiger partial charge in [-0.3, -0.25) is 9.59 Å². The van der Waals surface area contributed by atoms with Gasteiger partial charge in [-0.15, -0.1) is 0 Å². The van der Waals surface area contributed by atoms with Crippen LogP contribution in [0.1, 0.15) is 58.3 Å². The number of rotatable bonds is 9. The van der Waals surface area contributed by atoms with Crippen molar-refractivity contribution in [3.8, 4) is 0 Å². The van der Waals surface area contributed by atoms with Crippen molar-refractivity contribution in [2.24, 2.45) is 5.41 Å². The zero-order chi connectivity index (χ0) is 17.1. The molecule has 1 amide bonds. The molecule has 0 bridgehead atoms. The van der Waals surface area contributed by atoms with Gasteiger partial charge in [-0.1, -0.05) is 26.2 Å². The molecule has 0 radical (unpaired) electrons. The quantitative estimate of drug-likeness (QED) is 0.498. The number of nitrogens with one attached hydrogen (secondary N) is 1. The molecule has 2 N–H and O–H groups in total. The summed E-state index contributed by atoms with van der Waals surface area (Å²) in [5.74, 6) is -1.11. The van der Waals surface area contributed by atoms with Crippen LogP contribution in [0.5, 0.6) is 0 Å². The lowest BCUT2D eigenvalue weighted by Gasteiger charge is -2.36. The molecule has 0 atom stereocenters. The van der Waals surface area contributed by atoms with Crippen LogP contribution < -0.4 is 5.32 Å². The third-order valence-electron chi connectivity index (χ3n) is 4.12. The van der Waals surface area contributed by atoms with Crippen molar-refractivity contribution in [3.05, 3.63) is 0 Å². The van der Waals surface area contributed by atoms with Gasteiger partial charge in [-0.2, -0.15) is 0 Å². The molecule has 1 saturated carbocycles. The van der Waals surface area contributed by atoms with Crippen LogP contribution in [0.25, 0.3) is 0 Å². The van der Waals surface area contributed by atoms with E-state index in [-0.39, 0.29) is 31.0 Å². The van der Waals surface area contributed by atoms with E-state index in [9.17, 15) is 14.4 Å². The van der Waals surface area contributed by atoms with Crippen LogP contribution in [-0.4, -0.2) is 42.9 Å². The SMILES string of the molecule is CCC(=O)OCCCOC(=O)NCC1(CC(=O)O)CCCCC1. The molecule has 1 aliphatic carbocycles. The van der Waals surface area contributed by atoms with Crippen molar-refractivity contribution in [2.75, 3.05) is 19.8 Å². The summed E-state index contributed by atoms with van der Waals surface area (Å²) in [7, 11) is 0. The zero-order valence-corrected chi connectivity index (χ0v) is 13.8. The molecule has 0 saturated heterocycles. The number of alkyl carbamates (subject to hydrolysis) is 1. The second-order valence-corrected chi connectivity index (χ2v) is 6.05. The van der Waals surface area contributed by atoms with E-state index in [0.717, 1.165) is 32.1 Å². The van der Waals surface area contributed by atoms with E-state index in [2.05, 4.69) is 5.32 Å². The van der Waals surface area contributed by atoms with Crippen LogP contribution in [0.15, 0.2) is 0 Å². The number of carboxylic acid groups (broad SMARTS) is 1. The van der Waals surface area contributed by atoms with Crippen LogP contribution in [0.2, 0.25) is 0 Å². The molecule has 1 aliphatic rings. The topological polar surface area (TPSA) is 102 Å². The molecule has 7 nitrogen and oxygen atoms in total. The Hall–Kier alpha value is -1.79. The normalized spacial score (nSPS) is 16.4. The van der Waals surface area contributed by atoms with Gasteiger partial charge in [0.2, 0.25) is 0 Å². The first-order chi connectivity index (χ1) is 11.0. The molecule has 0 aromatic heterocycles. The van der Waals surface area contributed by atoms with Gasteiger partial charge in [-0.25, -0.2) is 4.79 Å². The van der Waals surface area contributed by atoms with E-state index >= 15 is 0 Å². The summed E-state index contributed by atoms with van der Waals surface area (Å²) < 4.78 is 9.88. The number of carbonyl (C=O) groups excluding carboxylic acids is 2. The molecule has 23 heavy (non-hydrogen) atoms. The van der Waals surface area contributed by atoms with Crippen molar-refractivity contribution in [1.82, 2.24) is 5.32 Å². The van der Waals surface area contributed by atoms with Crippen LogP contribution in [0, 0.1) is 5.41 Å². The van der Waals surface area contributed by atoms with Gasteiger partial charge in [0.25, 0.3) is 0 Å². The highest BCUT2D eigenvalue weighted by molar-refractivity contribution is 5.69.